The van der Waals surface area contributed by atoms with Gasteiger partial charge >= 0.3 is 16.4 Å². The molecule has 1 amide bonds. The topological polar surface area (TPSA) is 98.9 Å². The fourth-order valence-corrected chi connectivity index (χ4v) is 2.56. The maximum atomic E-state index is 11.9. The second kappa shape index (κ2) is 5.64. The number of amides is 1. The highest BCUT2D eigenvalue weighted by atomic mass is 32.2. The van der Waals surface area contributed by atoms with Gasteiger partial charge in [0, 0.05) is 19.0 Å². The molecule has 0 radical (unpaired) electrons. The van der Waals surface area contributed by atoms with Gasteiger partial charge in [-0.2, -0.15) is 8.42 Å². The summed E-state index contributed by atoms with van der Waals surface area (Å²) in [5.41, 5.74) is -0.547. The summed E-state index contributed by atoms with van der Waals surface area (Å²) < 4.78 is 31.9. The highest BCUT2D eigenvalue weighted by molar-refractivity contribution is 7.84. The van der Waals surface area contributed by atoms with Gasteiger partial charge < -0.3 is 9.64 Å². The highest BCUT2D eigenvalue weighted by Gasteiger charge is 2.33. The lowest BCUT2D eigenvalue weighted by Crippen LogP contribution is -2.48. The van der Waals surface area contributed by atoms with E-state index in [2.05, 4.69) is 0 Å². The molecular weight excluding hydrogens is 272 g/mol. The van der Waals surface area contributed by atoms with Crippen molar-refractivity contribution in [1.82, 2.24) is 4.90 Å². The summed E-state index contributed by atoms with van der Waals surface area (Å²) in [5, 5.41) is 4.85. The third-order valence-electron chi connectivity index (χ3n) is 2.74. The van der Waals surface area contributed by atoms with Crippen LogP contribution in [0.5, 0.6) is 0 Å². The molecule has 1 saturated heterocycles. The summed E-state index contributed by atoms with van der Waals surface area (Å²) in [6.07, 6.45) is -0.473. The Hall–Kier alpha value is -0.860. The second-order valence-electron chi connectivity index (χ2n) is 5.82. The number of carbonyl (C=O) groups excluding carboxylic acids is 1. The molecule has 0 aromatic rings. The lowest BCUT2D eigenvalue weighted by molar-refractivity contribution is 0.00161. The maximum Gasteiger partial charge on any atom is 0.410 e. The van der Waals surface area contributed by atoms with Crippen molar-refractivity contribution in [2.24, 2.45) is 11.1 Å². The van der Waals surface area contributed by atoms with Crippen molar-refractivity contribution in [2.75, 3.05) is 13.1 Å². The summed E-state index contributed by atoms with van der Waals surface area (Å²) in [6, 6.07) is 0. The Morgan fingerprint density at radius 1 is 1.37 bits per heavy atom. The number of piperidine rings is 1. The molecule has 7 nitrogen and oxygen atoms in total. The molecule has 1 heterocycles. The zero-order valence-corrected chi connectivity index (χ0v) is 12.6. The van der Waals surface area contributed by atoms with Crippen LogP contribution in [-0.2, 0) is 19.2 Å². The second-order valence-corrected chi connectivity index (χ2v) is 7.00. The molecule has 0 spiro atoms. The van der Waals surface area contributed by atoms with Gasteiger partial charge in [-0.1, -0.05) is 6.92 Å². The third-order valence-corrected chi connectivity index (χ3v) is 3.25. The van der Waals surface area contributed by atoms with Gasteiger partial charge in [-0.15, -0.1) is 0 Å². The van der Waals surface area contributed by atoms with Crippen LogP contribution < -0.4 is 5.14 Å². The van der Waals surface area contributed by atoms with E-state index in [0.717, 1.165) is 0 Å². The number of carbonyl (C=O) groups is 1. The first kappa shape index (κ1) is 16.2. The molecule has 1 fully saturated rings. The lowest BCUT2D eigenvalue weighted by atomic mass is 9.97. The smallest absolute Gasteiger partial charge is 0.410 e. The van der Waals surface area contributed by atoms with E-state index in [-0.39, 0.29) is 5.92 Å². The highest BCUT2D eigenvalue weighted by Crippen LogP contribution is 2.22. The van der Waals surface area contributed by atoms with E-state index < -0.39 is 28.1 Å². The van der Waals surface area contributed by atoms with Crippen molar-refractivity contribution >= 4 is 16.4 Å². The van der Waals surface area contributed by atoms with Crippen LogP contribution in [0, 0.1) is 5.92 Å². The molecule has 19 heavy (non-hydrogen) atoms. The predicted molar refractivity (Wildman–Crippen MR) is 69.6 cm³/mol. The monoisotopic (exact) mass is 294 g/mol. The number of rotatable bonds is 2. The van der Waals surface area contributed by atoms with E-state index >= 15 is 0 Å². The molecule has 0 bridgehead atoms. The minimum atomic E-state index is -3.96. The summed E-state index contributed by atoms with van der Waals surface area (Å²) in [6.45, 7) is 7.97. The van der Waals surface area contributed by atoms with Gasteiger partial charge in [-0.3, -0.25) is 4.18 Å². The van der Waals surface area contributed by atoms with Crippen molar-refractivity contribution in [3.63, 3.8) is 0 Å². The van der Waals surface area contributed by atoms with Crippen LogP contribution in [-0.4, -0.2) is 44.2 Å². The van der Waals surface area contributed by atoms with Crippen LogP contribution in [0.2, 0.25) is 0 Å². The normalized spacial score (nSPS) is 25.2. The van der Waals surface area contributed by atoms with Crippen LogP contribution in [0.4, 0.5) is 4.79 Å². The molecule has 2 atom stereocenters. The zero-order chi connectivity index (χ0) is 14.8. The molecule has 0 aromatic heterocycles. The third kappa shape index (κ3) is 5.75. The minimum Gasteiger partial charge on any atom is -0.444 e. The first-order valence-electron chi connectivity index (χ1n) is 6.17. The van der Waals surface area contributed by atoms with Crippen molar-refractivity contribution in [3.05, 3.63) is 0 Å². The van der Waals surface area contributed by atoms with Crippen LogP contribution in [0.1, 0.15) is 34.1 Å². The van der Waals surface area contributed by atoms with E-state index in [0.29, 0.717) is 19.5 Å². The van der Waals surface area contributed by atoms with Crippen LogP contribution in [0.3, 0.4) is 0 Å². The van der Waals surface area contributed by atoms with E-state index in [1.165, 1.54) is 0 Å². The molecule has 8 heteroatoms. The molecule has 1 aliphatic rings. The van der Waals surface area contributed by atoms with Gasteiger partial charge in [-0.25, -0.2) is 9.93 Å². The molecule has 0 aliphatic carbocycles. The van der Waals surface area contributed by atoms with E-state index in [1.807, 2.05) is 6.92 Å². The Kier molecular flexibility index (Phi) is 4.81. The summed E-state index contributed by atoms with van der Waals surface area (Å²) in [7, 11) is -3.96. The standard InChI is InChI=1S/C11H22N2O5S/c1-8-7-13(10(14)17-11(2,3)4)6-5-9(8)18-19(12,15)16/h8-9H,5-7H2,1-4H3,(H2,12,15,16). The van der Waals surface area contributed by atoms with Crippen LogP contribution in [0.25, 0.3) is 0 Å². The Bertz CT molecular complexity index is 429. The van der Waals surface area contributed by atoms with E-state index in [9.17, 15) is 13.2 Å². The molecule has 1 aliphatic heterocycles. The maximum absolute atomic E-state index is 11.9. The average molecular weight is 294 g/mol. The predicted octanol–water partition coefficient (Wildman–Crippen LogP) is 0.852. The number of ether oxygens (including phenoxy) is 1. The van der Waals surface area contributed by atoms with Gasteiger partial charge in [0.1, 0.15) is 5.60 Å². The molecule has 1 rings (SSSR count). The zero-order valence-electron chi connectivity index (χ0n) is 11.8. The van der Waals surface area contributed by atoms with E-state index in [4.69, 9.17) is 14.1 Å². The fourth-order valence-electron chi connectivity index (χ4n) is 1.93. The first-order chi connectivity index (χ1) is 8.48. The number of hydrogen-bond donors (Lipinski definition) is 1. The van der Waals surface area contributed by atoms with Gasteiger partial charge in [0.2, 0.25) is 0 Å². The molecule has 2 N–H and O–H groups in total. The molecule has 0 aromatic carbocycles. The quantitative estimate of drug-likeness (QED) is 0.814. The first-order valence-corrected chi connectivity index (χ1v) is 7.64. The summed E-state index contributed by atoms with van der Waals surface area (Å²) in [5.74, 6) is -0.125. The molecular formula is C11H22N2O5S. The fraction of sp³-hybridized carbons (Fsp3) is 0.909. The number of hydrogen-bond acceptors (Lipinski definition) is 5. The molecule has 0 saturated carbocycles. The van der Waals surface area contributed by atoms with Gasteiger partial charge in [-0.05, 0) is 27.2 Å². The lowest BCUT2D eigenvalue weighted by Gasteiger charge is -2.36. The van der Waals surface area contributed by atoms with Gasteiger partial charge in [0.05, 0.1) is 6.10 Å². The molecule has 112 valence electrons. The number of nitrogens with zero attached hydrogens (tertiary/aromatic N) is 1. The number of nitrogens with two attached hydrogens (primary N) is 1. The van der Waals surface area contributed by atoms with Crippen LogP contribution in [0.15, 0.2) is 0 Å². The Morgan fingerprint density at radius 2 is 1.95 bits per heavy atom. The summed E-state index contributed by atoms with van der Waals surface area (Å²) >= 11 is 0. The van der Waals surface area contributed by atoms with Crippen molar-refractivity contribution in [1.29, 1.82) is 0 Å². The van der Waals surface area contributed by atoms with Crippen molar-refractivity contribution < 1.29 is 22.1 Å². The largest absolute Gasteiger partial charge is 0.444 e. The van der Waals surface area contributed by atoms with Crippen molar-refractivity contribution in [2.45, 2.75) is 45.8 Å². The van der Waals surface area contributed by atoms with Gasteiger partial charge in [0.25, 0.3) is 0 Å². The Morgan fingerprint density at radius 3 is 2.37 bits per heavy atom. The minimum absolute atomic E-state index is 0.125. The Balaban J connectivity index is 2.56. The van der Waals surface area contributed by atoms with Crippen molar-refractivity contribution in [3.8, 4) is 0 Å². The van der Waals surface area contributed by atoms with Gasteiger partial charge in [0.15, 0.2) is 0 Å². The SMILES string of the molecule is CC1CN(C(=O)OC(C)(C)C)CCC1OS(N)(=O)=O. The van der Waals surface area contributed by atoms with Crippen LogP contribution >= 0.6 is 0 Å². The molecule has 2 unspecified atom stereocenters. The average Bonchev–Trinajstić information content (AvgIpc) is 2.16. The van der Waals surface area contributed by atoms with E-state index in [1.54, 1.807) is 25.7 Å². The summed E-state index contributed by atoms with van der Waals surface area (Å²) in [4.78, 5) is 13.4. The number of likely N-dealkylation sites (tertiary alicyclic amines) is 1. The Labute approximate surface area is 114 Å².